The molecule has 1 aliphatic rings. The Kier molecular flexibility index (Phi) is 9.94. The van der Waals surface area contributed by atoms with Crippen molar-refractivity contribution in [1.82, 2.24) is 23.6 Å². The van der Waals surface area contributed by atoms with Gasteiger partial charge < -0.3 is 14.8 Å². The Labute approximate surface area is 304 Å². The Morgan fingerprint density at radius 3 is 2.42 bits per heavy atom. The van der Waals surface area contributed by atoms with Crippen LogP contribution in [-0.4, -0.2) is 54.3 Å². The summed E-state index contributed by atoms with van der Waals surface area (Å²) in [5.41, 5.74) is -0.865. The van der Waals surface area contributed by atoms with Crippen molar-refractivity contribution in [3.05, 3.63) is 113 Å². The van der Waals surface area contributed by atoms with E-state index in [0.717, 1.165) is 10.6 Å². The Balaban J connectivity index is 1.28. The van der Waals surface area contributed by atoms with E-state index < -0.39 is 58.0 Å². The lowest BCUT2D eigenvalue weighted by atomic mass is 10.2. The largest absolute Gasteiger partial charge is 0.493 e. The molecule has 0 bridgehead atoms. The fourth-order valence-corrected chi connectivity index (χ4v) is 6.48. The van der Waals surface area contributed by atoms with E-state index in [1.165, 1.54) is 60.7 Å². The Morgan fingerprint density at radius 2 is 1.71 bits per heavy atom. The molecule has 6 rings (SSSR count). The first-order valence-corrected chi connectivity index (χ1v) is 16.4. The molecule has 1 N–H and O–H groups in total. The summed E-state index contributed by atoms with van der Waals surface area (Å²) in [5, 5.41) is 1.92. The second kappa shape index (κ2) is 14.2. The number of carbonyl (C=O) groups is 3. The van der Waals surface area contributed by atoms with Crippen molar-refractivity contribution < 1.29 is 37.0 Å². The van der Waals surface area contributed by atoms with Crippen molar-refractivity contribution in [2.75, 3.05) is 19.0 Å². The number of aromatic nitrogens is 4. The topological polar surface area (TPSA) is 147 Å². The number of aryl methyl sites for hydroxylation is 1. The number of methoxy groups -OCH3 is 1. The molecule has 0 radical (unpaired) electrons. The van der Waals surface area contributed by atoms with E-state index in [4.69, 9.17) is 32.7 Å². The Morgan fingerprint density at radius 1 is 0.962 bits per heavy atom. The maximum Gasteiger partial charge on any atom is 0.332 e. The molecule has 1 saturated heterocycles. The van der Waals surface area contributed by atoms with Crippen LogP contribution in [0.1, 0.15) is 11.1 Å². The monoisotopic (exact) mass is 774 g/mol. The molecule has 0 atom stereocenters. The molecule has 5 aromatic rings. The number of amides is 3. The van der Waals surface area contributed by atoms with Crippen LogP contribution in [0.25, 0.3) is 17.2 Å². The maximum atomic E-state index is 14.0. The van der Waals surface area contributed by atoms with E-state index in [1.807, 2.05) is 5.32 Å². The van der Waals surface area contributed by atoms with Crippen LogP contribution in [-0.2, 0) is 30.2 Å². The number of ether oxygens (including phenoxy) is 2. The van der Waals surface area contributed by atoms with Gasteiger partial charge in [0.2, 0.25) is 5.91 Å². The Bertz CT molecular complexity index is 2500. The lowest BCUT2D eigenvalue weighted by molar-refractivity contribution is -0.127. The Hall–Kier alpha value is -5.52. The highest BCUT2D eigenvalue weighted by Gasteiger charge is 2.36. The number of halogens is 5. The number of benzene rings is 3. The first-order valence-electron chi connectivity index (χ1n) is 14.8. The van der Waals surface area contributed by atoms with Gasteiger partial charge in [-0.1, -0.05) is 35.3 Å². The minimum Gasteiger partial charge on any atom is -0.493 e. The second-order valence-corrected chi connectivity index (χ2v) is 13.0. The van der Waals surface area contributed by atoms with E-state index in [9.17, 15) is 37.1 Å². The van der Waals surface area contributed by atoms with Crippen molar-refractivity contribution in [3.63, 3.8) is 0 Å². The number of anilines is 1. The predicted molar refractivity (Wildman–Crippen MR) is 186 cm³/mol. The summed E-state index contributed by atoms with van der Waals surface area (Å²) in [6.07, 6.45) is 1.36. The highest BCUT2D eigenvalue weighted by atomic mass is 35.5. The molecule has 2 aromatic heterocycles. The van der Waals surface area contributed by atoms with Crippen molar-refractivity contribution in [3.8, 4) is 17.5 Å². The number of rotatable bonds is 9. The van der Waals surface area contributed by atoms with Gasteiger partial charge in [0.25, 0.3) is 16.7 Å². The van der Waals surface area contributed by atoms with Crippen molar-refractivity contribution >= 4 is 74.9 Å². The molecule has 0 saturated carbocycles. The summed E-state index contributed by atoms with van der Waals surface area (Å²) in [6.45, 7) is -0.827. The van der Waals surface area contributed by atoms with Gasteiger partial charge in [0.1, 0.15) is 6.54 Å². The molecular formula is C33H23Cl2F3N6O7S. The summed E-state index contributed by atoms with van der Waals surface area (Å²) >= 11 is 13.1. The zero-order valence-corrected chi connectivity index (χ0v) is 29.3. The van der Waals surface area contributed by atoms with Gasteiger partial charge in [0.05, 0.1) is 24.2 Å². The highest BCUT2D eigenvalue weighted by Crippen LogP contribution is 2.37. The minimum atomic E-state index is -1.79. The lowest BCUT2D eigenvalue weighted by Gasteiger charge is -2.14. The van der Waals surface area contributed by atoms with Gasteiger partial charge in [0, 0.05) is 24.1 Å². The summed E-state index contributed by atoms with van der Waals surface area (Å²) in [7, 11) is 4.14. The first-order chi connectivity index (χ1) is 24.7. The van der Waals surface area contributed by atoms with E-state index in [2.05, 4.69) is 4.98 Å². The molecule has 52 heavy (non-hydrogen) atoms. The van der Waals surface area contributed by atoms with Crippen molar-refractivity contribution in [2.24, 2.45) is 14.1 Å². The highest BCUT2D eigenvalue weighted by molar-refractivity contribution is 8.18. The van der Waals surface area contributed by atoms with Crippen molar-refractivity contribution in [2.45, 2.75) is 6.54 Å². The van der Waals surface area contributed by atoms with Gasteiger partial charge in [-0.2, -0.15) is 4.98 Å². The lowest BCUT2D eigenvalue weighted by Crippen LogP contribution is -2.37. The quantitative estimate of drug-likeness (QED) is 0.148. The first kappa shape index (κ1) is 36.3. The molecule has 0 spiro atoms. The smallest absolute Gasteiger partial charge is 0.332 e. The molecule has 0 aliphatic carbocycles. The number of nitrogens with zero attached hydrogens (tertiary/aromatic N) is 5. The summed E-state index contributed by atoms with van der Waals surface area (Å²) in [6, 6.07) is 10.6. The molecule has 0 unspecified atom stereocenters. The molecule has 3 heterocycles. The summed E-state index contributed by atoms with van der Waals surface area (Å²) in [4.78, 5) is 69.2. The standard InChI is InChI=1S/C33H23Cl2F3N6O7S/c1-41-28-27(30(47)42(2)32(41)48)43(13-16-5-6-17(34)12-18(16)35)31(40-28)51-21-9-4-15(10-22(21)50-3)11-23-29(46)44(33(49)52-23)14-24(45)39-20-8-7-19(36)25(37)26(20)38/h4-12H,13-14H2,1-3H3,(H,39,45). The van der Waals surface area contributed by atoms with Crippen LogP contribution in [0.15, 0.2) is 63.0 Å². The fourth-order valence-electron chi connectivity index (χ4n) is 5.17. The molecule has 19 heteroatoms. The molecule has 13 nitrogen and oxygen atoms in total. The third kappa shape index (κ3) is 6.77. The number of imidazole rings is 1. The van der Waals surface area contributed by atoms with E-state index in [0.29, 0.717) is 43.9 Å². The van der Waals surface area contributed by atoms with Crippen molar-refractivity contribution in [1.29, 1.82) is 0 Å². The average molecular weight is 776 g/mol. The van der Waals surface area contributed by atoms with Gasteiger partial charge in [0.15, 0.2) is 40.1 Å². The van der Waals surface area contributed by atoms with Gasteiger partial charge in [-0.25, -0.2) is 18.0 Å². The molecule has 1 aliphatic heterocycles. The van der Waals surface area contributed by atoms with Gasteiger partial charge >= 0.3 is 11.7 Å². The van der Waals surface area contributed by atoms with Gasteiger partial charge in [-0.15, -0.1) is 0 Å². The fraction of sp³-hybridized carbons (Fsp3) is 0.152. The van der Waals surface area contributed by atoms with Crippen LogP contribution in [0.3, 0.4) is 0 Å². The maximum absolute atomic E-state index is 14.0. The van der Waals surface area contributed by atoms with E-state index in [1.54, 1.807) is 12.1 Å². The molecular weight excluding hydrogens is 752 g/mol. The van der Waals surface area contributed by atoms with Crippen LogP contribution < -0.4 is 26.0 Å². The van der Waals surface area contributed by atoms with Gasteiger partial charge in [-0.05, 0) is 65.4 Å². The summed E-state index contributed by atoms with van der Waals surface area (Å²) < 4.78 is 56.1. The number of thioether (sulfide) groups is 1. The number of carbonyl (C=O) groups excluding carboxylic acids is 3. The number of fused-ring (bicyclic) bond motifs is 1. The minimum absolute atomic E-state index is 0.000606. The molecule has 3 aromatic carbocycles. The normalized spacial score (nSPS) is 13.8. The van der Waals surface area contributed by atoms with Crippen LogP contribution in [0.5, 0.6) is 17.5 Å². The number of hydrogen-bond donors (Lipinski definition) is 1. The number of hydrogen-bond acceptors (Lipinski definition) is 9. The average Bonchev–Trinajstić information content (AvgIpc) is 3.59. The van der Waals surface area contributed by atoms with Gasteiger partial charge in [-0.3, -0.25) is 37.8 Å². The van der Waals surface area contributed by atoms with Crippen LogP contribution >= 0.6 is 35.0 Å². The SMILES string of the molecule is COc1cc(C=C2SC(=O)N(CC(=O)Nc3ccc(F)c(F)c3F)C2=O)ccc1Oc1nc2c(c(=O)n(C)c(=O)n2C)n1Cc1ccc(Cl)cc1Cl. The van der Waals surface area contributed by atoms with Crippen LogP contribution in [0, 0.1) is 17.5 Å². The van der Waals surface area contributed by atoms with Crippen LogP contribution in [0.4, 0.5) is 23.7 Å². The van der Waals surface area contributed by atoms with Crippen LogP contribution in [0.2, 0.25) is 10.0 Å². The van der Waals surface area contributed by atoms with E-state index >= 15 is 0 Å². The number of imide groups is 1. The molecule has 1 fully saturated rings. The zero-order chi connectivity index (χ0) is 37.6. The molecule has 268 valence electrons. The molecule has 3 amide bonds. The third-order valence-corrected chi connectivity index (χ3v) is 9.32. The summed E-state index contributed by atoms with van der Waals surface area (Å²) in [5.74, 6) is -6.49. The number of nitrogens with one attached hydrogen (secondary N) is 1. The zero-order valence-electron chi connectivity index (χ0n) is 27.0. The second-order valence-electron chi connectivity index (χ2n) is 11.1. The third-order valence-electron chi connectivity index (χ3n) is 7.83. The predicted octanol–water partition coefficient (Wildman–Crippen LogP) is 5.68. The van der Waals surface area contributed by atoms with E-state index in [-0.39, 0.29) is 40.1 Å².